The number of anilines is 1. The highest BCUT2D eigenvalue weighted by Gasteiger charge is 2.34. The maximum absolute atomic E-state index is 12.3. The topological polar surface area (TPSA) is 41.1 Å². The van der Waals surface area contributed by atoms with Crippen LogP contribution in [0.15, 0.2) is 18.2 Å². The number of aryl methyl sites for hydroxylation is 1. The summed E-state index contributed by atoms with van der Waals surface area (Å²) in [4.78, 5) is 12.3. The number of hydrogen-bond acceptors (Lipinski definition) is 2. The number of rotatable bonds is 2. The van der Waals surface area contributed by atoms with Gasteiger partial charge in [0, 0.05) is 10.7 Å². The van der Waals surface area contributed by atoms with Gasteiger partial charge in [0.05, 0.1) is 5.54 Å². The summed E-state index contributed by atoms with van der Waals surface area (Å²) in [7, 11) is 0. The molecular weight excluding hydrogens is 248 g/mol. The van der Waals surface area contributed by atoms with Crippen molar-refractivity contribution in [2.24, 2.45) is 0 Å². The summed E-state index contributed by atoms with van der Waals surface area (Å²) in [6.07, 6.45) is 3.12. The molecule has 0 aliphatic carbocycles. The highest BCUT2D eigenvalue weighted by atomic mass is 35.5. The Labute approximate surface area is 113 Å². The Morgan fingerprint density at radius 3 is 2.83 bits per heavy atom. The fourth-order valence-corrected chi connectivity index (χ4v) is 2.50. The van der Waals surface area contributed by atoms with Crippen LogP contribution in [0, 0.1) is 6.92 Å². The third kappa shape index (κ3) is 2.85. The summed E-state index contributed by atoms with van der Waals surface area (Å²) in [5.41, 5.74) is 1.36. The van der Waals surface area contributed by atoms with Crippen LogP contribution in [0.5, 0.6) is 0 Å². The smallest absolute Gasteiger partial charge is 0.244 e. The zero-order valence-corrected chi connectivity index (χ0v) is 11.6. The van der Waals surface area contributed by atoms with Crippen LogP contribution in [0.1, 0.15) is 31.7 Å². The van der Waals surface area contributed by atoms with Crippen molar-refractivity contribution in [2.75, 3.05) is 11.9 Å². The van der Waals surface area contributed by atoms with Crippen LogP contribution < -0.4 is 10.6 Å². The molecule has 1 aromatic carbocycles. The highest BCUT2D eigenvalue weighted by Crippen LogP contribution is 2.24. The average molecular weight is 267 g/mol. The van der Waals surface area contributed by atoms with Crippen LogP contribution >= 0.6 is 11.6 Å². The van der Waals surface area contributed by atoms with Gasteiger partial charge in [-0.05, 0) is 63.4 Å². The third-order valence-corrected chi connectivity index (χ3v) is 3.79. The number of amides is 1. The van der Waals surface area contributed by atoms with Crippen LogP contribution in [0.4, 0.5) is 5.69 Å². The fourth-order valence-electron chi connectivity index (χ4n) is 2.28. The Morgan fingerprint density at radius 1 is 1.44 bits per heavy atom. The van der Waals surface area contributed by atoms with Gasteiger partial charge in [-0.2, -0.15) is 0 Å². The molecule has 98 valence electrons. The molecule has 1 atom stereocenters. The minimum absolute atomic E-state index is 0.0348. The molecule has 1 aromatic rings. The molecule has 2 N–H and O–H groups in total. The Morgan fingerprint density at radius 2 is 2.22 bits per heavy atom. The second kappa shape index (κ2) is 5.29. The van der Waals surface area contributed by atoms with Crippen molar-refractivity contribution in [1.82, 2.24) is 5.32 Å². The van der Waals surface area contributed by atoms with Gasteiger partial charge in [0.15, 0.2) is 0 Å². The lowest BCUT2D eigenvalue weighted by Crippen LogP contribution is -2.54. The molecule has 1 unspecified atom stereocenters. The first kappa shape index (κ1) is 13.4. The lowest BCUT2D eigenvalue weighted by atomic mass is 9.90. The minimum Gasteiger partial charge on any atom is -0.324 e. The van der Waals surface area contributed by atoms with Crippen LogP contribution in [0.3, 0.4) is 0 Å². The van der Waals surface area contributed by atoms with Crippen molar-refractivity contribution in [3.8, 4) is 0 Å². The molecule has 1 fully saturated rings. The largest absolute Gasteiger partial charge is 0.324 e. The van der Waals surface area contributed by atoms with E-state index in [4.69, 9.17) is 11.6 Å². The lowest BCUT2D eigenvalue weighted by molar-refractivity contribution is -0.122. The van der Waals surface area contributed by atoms with E-state index >= 15 is 0 Å². The first-order valence-corrected chi connectivity index (χ1v) is 6.72. The van der Waals surface area contributed by atoms with Crippen LogP contribution in [-0.2, 0) is 4.79 Å². The maximum atomic E-state index is 12.3. The molecule has 0 spiro atoms. The van der Waals surface area contributed by atoms with Gasteiger partial charge in [-0.3, -0.25) is 4.79 Å². The molecule has 1 saturated heterocycles. The molecule has 1 aliphatic heterocycles. The van der Waals surface area contributed by atoms with E-state index in [1.54, 1.807) is 6.07 Å². The number of carbonyl (C=O) groups is 1. The molecule has 0 saturated carbocycles. The summed E-state index contributed by atoms with van der Waals surface area (Å²) in [5, 5.41) is 6.98. The van der Waals surface area contributed by atoms with Gasteiger partial charge in [0.1, 0.15) is 0 Å². The zero-order valence-electron chi connectivity index (χ0n) is 10.8. The van der Waals surface area contributed by atoms with Gasteiger partial charge in [0.2, 0.25) is 5.91 Å². The number of piperidine rings is 1. The molecular formula is C14H19ClN2O. The molecule has 1 heterocycles. The van der Waals surface area contributed by atoms with Gasteiger partial charge in [-0.15, -0.1) is 0 Å². The van der Waals surface area contributed by atoms with Gasteiger partial charge in [-0.1, -0.05) is 11.6 Å². The number of halogens is 1. The van der Waals surface area contributed by atoms with E-state index in [0.29, 0.717) is 5.02 Å². The van der Waals surface area contributed by atoms with Crippen molar-refractivity contribution in [1.29, 1.82) is 0 Å². The standard InChI is InChI=1S/C14H19ClN2O/c1-10-9-11(15)5-6-12(10)17-13(18)14(2)7-3-4-8-16-14/h5-6,9,16H,3-4,7-8H2,1-2H3,(H,17,18). The SMILES string of the molecule is Cc1cc(Cl)ccc1NC(=O)C1(C)CCCCN1. The van der Waals surface area contributed by atoms with E-state index in [9.17, 15) is 4.79 Å². The Kier molecular flexibility index (Phi) is 3.93. The average Bonchev–Trinajstić information content (AvgIpc) is 2.33. The first-order chi connectivity index (χ1) is 8.51. The van der Waals surface area contributed by atoms with Gasteiger partial charge < -0.3 is 10.6 Å². The summed E-state index contributed by atoms with van der Waals surface area (Å²) in [6.45, 7) is 4.81. The number of benzene rings is 1. The van der Waals surface area contributed by atoms with E-state index in [-0.39, 0.29) is 5.91 Å². The summed E-state index contributed by atoms with van der Waals surface area (Å²) in [6, 6.07) is 5.50. The van der Waals surface area contributed by atoms with Gasteiger partial charge >= 0.3 is 0 Å². The minimum atomic E-state index is -0.454. The van der Waals surface area contributed by atoms with E-state index in [1.807, 2.05) is 26.0 Å². The van der Waals surface area contributed by atoms with Gasteiger partial charge in [-0.25, -0.2) is 0 Å². The van der Waals surface area contributed by atoms with E-state index in [0.717, 1.165) is 37.1 Å². The number of hydrogen-bond donors (Lipinski definition) is 2. The molecule has 0 radical (unpaired) electrons. The van der Waals surface area contributed by atoms with Crippen molar-refractivity contribution < 1.29 is 4.79 Å². The molecule has 18 heavy (non-hydrogen) atoms. The van der Waals surface area contributed by atoms with Gasteiger partial charge in [0.25, 0.3) is 0 Å². The quantitative estimate of drug-likeness (QED) is 0.864. The van der Waals surface area contributed by atoms with Crippen molar-refractivity contribution in [3.05, 3.63) is 28.8 Å². The molecule has 2 rings (SSSR count). The summed E-state index contributed by atoms with van der Waals surface area (Å²) < 4.78 is 0. The number of nitrogens with one attached hydrogen (secondary N) is 2. The predicted molar refractivity (Wildman–Crippen MR) is 75.1 cm³/mol. The molecule has 0 bridgehead atoms. The maximum Gasteiger partial charge on any atom is 0.244 e. The first-order valence-electron chi connectivity index (χ1n) is 6.34. The molecule has 3 nitrogen and oxygen atoms in total. The summed E-state index contributed by atoms with van der Waals surface area (Å²) >= 11 is 5.90. The zero-order chi connectivity index (χ0) is 13.2. The van der Waals surface area contributed by atoms with E-state index < -0.39 is 5.54 Å². The van der Waals surface area contributed by atoms with Crippen LogP contribution in [0.25, 0.3) is 0 Å². The monoisotopic (exact) mass is 266 g/mol. The second-order valence-corrected chi connectivity index (χ2v) is 5.57. The Bertz CT molecular complexity index is 453. The number of carbonyl (C=O) groups excluding carboxylic acids is 1. The molecule has 4 heteroatoms. The van der Waals surface area contributed by atoms with E-state index in [1.165, 1.54) is 0 Å². The van der Waals surface area contributed by atoms with Crippen LogP contribution in [0.2, 0.25) is 5.02 Å². The fraction of sp³-hybridized carbons (Fsp3) is 0.500. The van der Waals surface area contributed by atoms with Crippen molar-refractivity contribution in [2.45, 2.75) is 38.6 Å². The van der Waals surface area contributed by atoms with Crippen LogP contribution in [-0.4, -0.2) is 18.0 Å². The van der Waals surface area contributed by atoms with Crippen molar-refractivity contribution in [3.63, 3.8) is 0 Å². The predicted octanol–water partition coefficient (Wildman–Crippen LogP) is 3.12. The van der Waals surface area contributed by atoms with Crippen molar-refractivity contribution >= 4 is 23.2 Å². The second-order valence-electron chi connectivity index (χ2n) is 5.13. The van der Waals surface area contributed by atoms with E-state index in [2.05, 4.69) is 10.6 Å². The molecule has 1 aliphatic rings. The Hall–Kier alpha value is -1.06. The Balaban J connectivity index is 2.11. The lowest BCUT2D eigenvalue weighted by Gasteiger charge is -2.33. The highest BCUT2D eigenvalue weighted by molar-refractivity contribution is 6.30. The third-order valence-electron chi connectivity index (χ3n) is 3.56. The summed E-state index contributed by atoms with van der Waals surface area (Å²) in [5.74, 6) is 0.0348. The molecule has 0 aromatic heterocycles. The molecule has 1 amide bonds. The normalized spacial score (nSPS) is 23.7.